The topological polar surface area (TPSA) is 92.9 Å². The molecule has 176 valence electrons. The highest BCUT2D eigenvalue weighted by atomic mass is 32.2. The van der Waals surface area contributed by atoms with E-state index in [1.54, 1.807) is 24.3 Å². The second-order valence-corrected chi connectivity index (χ2v) is 9.97. The molecule has 1 N–H and O–H groups in total. The summed E-state index contributed by atoms with van der Waals surface area (Å²) >= 11 is 0. The number of aliphatic imine (C=N–C) groups is 1. The quantitative estimate of drug-likeness (QED) is 0.504. The summed E-state index contributed by atoms with van der Waals surface area (Å²) in [6.45, 7) is 3.20. The Morgan fingerprint density at radius 3 is 2.53 bits per heavy atom. The maximum Gasteiger partial charge on any atom is 0.263 e. The number of pyridine rings is 1. The van der Waals surface area contributed by atoms with Crippen LogP contribution >= 0.6 is 0 Å². The number of hydrogen-bond donors (Lipinski definition) is 1. The Kier molecular flexibility index (Phi) is 7.37. The van der Waals surface area contributed by atoms with E-state index < -0.39 is 10.0 Å². The maximum atomic E-state index is 12.4. The van der Waals surface area contributed by atoms with E-state index in [1.807, 2.05) is 29.0 Å². The average molecular weight is 477 g/mol. The van der Waals surface area contributed by atoms with Gasteiger partial charge in [-0.05, 0) is 49.6 Å². The van der Waals surface area contributed by atoms with Gasteiger partial charge in [0.05, 0.1) is 4.90 Å². The molecule has 8 heteroatoms. The van der Waals surface area contributed by atoms with Crippen molar-refractivity contribution in [2.24, 2.45) is 9.98 Å². The molecule has 0 aliphatic carbocycles. The number of carbonyl (C=O) groups excluding carboxylic acids is 1. The van der Waals surface area contributed by atoms with Crippen molar-refractivity contribution in [1.82, 2.24) is 9.29 Å². The van der Waals surface area contributed by atoms with Gasteiger partial charge in [0.25, 0.3) is 10.0 Å². The average Bonchev–Trinajstić information content (AvgIpc) is 3.09. The van der Waals surface area contributed by atoms with Crippen LogP contribution in [0.1, 0.15) is 42.4 Å². The molecule has 1 amide bonds. The smallest absolute Gasteiger partial charge is 0.263 e. The van der Waals surface area contributed by atoms with Gasteiger partial charge in [-0.3, -0.25) is 14.5 Å². The number of benzene rings is 2. The second kappa shape index (κ2) is 10.6. The van der Waals surface area contributed by atoms with Gasteiger partial charge in [0.2, 0.25) is 5.91 Å². The molecular formula is C26H28N4O3S. The number of nitrogens with zero attached hydrogens (tertiary/aromatic N) is 3. The van der Waals surface area contributed by atoms with E-state index in [4.69, 9.17) is 0 Å². The molecule has 0 fully saturated rings. The molecule has 0 radical (unpaired) electrons. The molecule has 34 heavy (non-hydrogen) atoms. The largest absolute Gasteiger partial charge is 0.329 e. The van der Waals surface area contributed by atoms with Crippen LogP contribution in [0.15, 0.2) is 87.8 Å². The molecule has 1 aliphatic rings. The van der Waals surface area contributed by atoms with E-state index in [0.29, 0.717) is 42.8 Å². The summed E-state index contributed by atoms with van der Waals surface area (Å²) in [5, 5.41) is 0. The Labute approximate surface area is 200 Å². The molecule has 0 saturated heterocycles. The monoisotopic (exact) mass is 476 g/mol. The highest BCUT2D eigenvalue weighted by Crippen LogP contribution is 2.22. The van der Waals surface area contributed by atoms with Crippen LogP contribution in [0.2, 0.25) is 0 Å². The van der Waals surface area contributed by atoms with E-state index in [0.717, 1.165) is 18.4 Å². The van der Waals surface area contributed by atoms with E-state index in [1.165, 1.54) is 5.56 Å². The van der Waals surface area contributed by atoms with Gasteiger partial charge in [-0.2, -0.15) is 4.99 Å². The Morgan fingerprint density at radius 2 is 1.71 bits per heavy atom. The fourth-order valence-corrected chi connectivity index (χ4v) is 5.03. The highest BCUT2D eigenvalue weighted by Gasteiger charge is 2.29. The number of carbonyl (C=O) groups is 1. The minimum Gasteiger partial charge on any atom is -0.329 e. The second-order valence-electron chi connectivity index (χ2n) is 8.32. The van der Waals surface area contributed by atoms with Crippen molar-refractivity contribution in [2.45, 2.75) is 44.0 Å². The highest BCUT2D eigenvalue weighted by molar-refractivity contribution is 7.90. The number of nitrogens with one attached hydrogen (secondary N) is 1. The lowest BCUT2D eigenvalue weighted by Crippen LogP contribution is -2.22. The van der Waals surface area contributed by atoms with Crippen LogP contribution in [0, 0.1) is 6.92 Å². The first-order valence-electron chi connectivity index (χ1n) is 11.4. The van der Waals surface area contributed by atoms with Crippen molar-refractivity contribution in [3.8, 4) is 0 Å². The SMILES string of the molecule is Cc1ccc(Cn2ccccc2=NC(=O)CCCCCN=C2NS(=O)(=O)c3ccccc32)cc1. The van der Waals surface area contributed by atoms with Crippen molar-refractivity contribution in [3.05, 3.63) is 95.1 Å². The summed E-state index contributed by atoms with van der Waals surface area (Å²) in [7, 11) is -3.51. The molecular weight excluding hydrogens is 448 g/mol. The fraction of sp³-hybridized carbons (Fsp3) is 0.269. The first-order chi connectivity index (χ1) is 16.4. The summed E-state index contributed by atoms with van der Waals surface area (Å²) in [4.78, 5) is 21.4. The predicted octanol–water partition coefficient (Wildman–Crippen LogP) is 3.57. The first-order valence-corrected chi connectivity index (χ1v) is 12.9. The number of amidine groups is 1. The normalized spacial score (nSPS) is 15.8. The number of rotatable bonds is 8. The number of hydrogen-bond acceptors (Lipinski definition) is 4. The molecule has 3 aromatic rings. The number of amides is 1. The lowest BCUT2D eigenvalue weighted by Gasteiger charge is -2.08. The lowest BCUT2D eigenvalue weighted by molar-refractivity contribution is -0.118. The Hall–Kier alpha value is -3.52. The zero-order valence-electron chi connectivity index (χ0n) is 19.1. The van der Waals surface area contributed by atoms with Gasteiger partial charge in [-0.25, -0.2) is 8.42 Å². The summed E-state index contributed by atoms with van der Waals surface area (Å²) in [6.07, 6.45) is 4.58. The molecule has 2 heterocycles. The van der Waals surface area contributed by atoms with Gasteiger partial charge in [0, 0.05) is 31.3 Å². The zero-order valence-corrected chi connectivity index (χ0v) is 20.0. The third-order valence-corrected chi connectivity index (χ3v) is 7.01. The van der Waals surface area contributed by atoms with Crippen molar-refractivity contribution >= 4 is 21.8 Å². The maximum absolute atomic E-state index is 12.4. The van der Waals surface area contributed by atoms with Crippen LogP contribution in [0.3, 0.4) is 0 Å². The number of aromatic nitrogens is 1. The van der Waals surface area contributed by atoms with Crippen LogP contribution < -0.4 is 10.2 Å². The Balaban J connectivity index is 1.28. The molecule has 4 rings (SSSR count). The van der Waals surface area contributed by atoms with Gasteiger partial charge >= 0.3 is 0 Å². The van der Waals surface area contributed by atoms with Crippen molar-refractivity contribution in [1.29, 1.82) is 0 Å². The number of fused-ring (bicyclic) bond motifs is 1. The van der Waals surface area contributed by atoms with Gasteiger partial charge < -0.3 is 4.57 Å². The molecule has 1 aromatic heterocycles. The molecule has 1 aliphatic heterocycles. The first kappa shape index (κ1) is 23.6. The van der Waals surface area contributed by atoms with Crippen LogP contribution in [-0.4, -0.2) is 31.3 Å². The van der Waals surface area contributed by atoms with E-state index >= 15 is 0 Å². The summed E-state index contributed by atoms with van der Waals surface area (Å²) in [5.74, 6) is 0.247. The van der Waals surface area contributed by atoms with Crippen LogP contribution in [0.25, 0.3) is 0 Å². The third kappa shape index (κ3) is 5.88. The fourth-order valence-electron chi connectivity index (χ4n) is 3.78. The predicted molar refractivity (Wildman–Crippen MR) is 132 cm³/mol. The van der Waals surface area contributed by atoms with E-state index in [-0.39, 0.29) is 10.8 Å². The zero-order chi connectivity index (χ0) is 24.0. The van der Waals surface area contributed by atoms with Crippen LogP contribution in [0.4, 0.5) is 0 Å². The molecule has 7 nitrogen and oxygen atoms in total. The van der Waals surface area contributed by atoms with Crippen molar-refractivity contribution in [3.63, 3.8) is 0 Å². The van der Waals surface area contributed by atoms with Gasteiger partial charge in [0.1, 0.15) is 11.3 Å². The van der Waals surface area contributed by atoms with E-state index in [9.17, 15) is 13.2 Å². The summed E-state index contributed by atoms with van der Waals surface area (Å²) in [5.41, 5.74) is 3.62. The lowest BCUT2D eigenvalue weighted by atomic mass is 10.1. The number of unbranched alkanes of at least 4 members (excludes halogenated alkanes) is 2. The minimum absolute atomic E-state index is 0.146. The molecule has 0 atom stereocenters. The van der Waals surface area contributed by atoms with Gasteiger partial charge in [0.15, 0.2) is 0 Å². The summed E-state index contributed by atoms with van der Waals surface area (Å²) < 4.78 is 28.7. The molecule has 0 unspecified atom stereocenters. The molecule has 0 spiro atoms. The standard InChI is InChI=1S/C26H28N4O3S/c1-20-13-15-21(16-14-20)19-30-18-8-6-11-24(30)28-25(31)12-3-2-7-17-27-26-22-9-4-5-10-23(22)34(32,33)29-26/h4-6,8-11,13-16,18H,2-3,7,12,17,19H2,1H3,(H,27,29). The summed E-state index contributed by atoms with van der Waals surface area (Å²) in [6, 6.07) is 20.8. The van der Waals surface area contributed by atoms with Crippen molar-refractivity contribution < 1.29 is 13.2 Å². The molecule has 0 saturated carbocycles. The number of aryl methyl sites for hydroxylation is 1. The van der Waals surface area contributed by atoms with Gasteiger partial charge in [-0.1, -0.05) is 54.4 Å². The van der Waals surface area contributed by atoms with Crippen LogP contribution in [-0.2, 0) is 21.4 Å². The Bertz CT molecular complexity index is 1370. The third-order valence-electron chi connectivity index (χ3n) is 5.61. The molecule has 2 aromatic carbocycles. The molecule has 0 bridgehead atoms. The van der Waals surface area contributed by atoms with E-state index in [2.05, 4.69) is 45.9 Å². The minimum atomic E-state index is -3.51. The number of sulfonamides is 1. The Morgan fingerprint density at radius 1 is 0.941 bits per heavy atom. The van der Waals surface area contributed by atoms with Crippen LogP contribution in [0.5, 0.6) is 0 Å². The van der Waals surface area contributed by atoms with Gasteiger partial charge in [-0.15, -0.1) is 0 Å². The van der Waals surface area contributed by atoms with Crippen molar-refractivity contribution in [2.75, 3.05) is 6.54 Å².